The van der Waals surface area contributed by atoms with Crippen LogP contribution in [0.5, 0.6) is 5.75 Å². The second-order valence-electron chi connectivity index (χ2n) is 7.93. The quantitative estimate of drug-likeness (QED) is 0.300. The van der Waals surface area contributed by atoms with Gasteiger partial charge in [-0.25, -0.2) is 4.39 Å². The number of nitrogens with one attached hydrogen (secondary N) is 1. The Morgan fingerprint density at radius 3 is 2.43 bits per heavy atom. The van der Waals surface area contributed by atoms with Crippen molar-refractivity contribution in [2.24, 2.45) is 0 Å². The van der Waals surface area contributed by atoms with E-state index in [2.05, 4.69) is 10.2 Å². The second kappa shape index (κ2) is 10.4. The molecule has 1 aliphatic heterocycles. The van der Waals surface area contributed by atoms with Crippen LogP contribution in [0.3, 0.4) is 0 Å². The number of anilines is 1. The van der Waals surface area contributed by atoms with Gasteiger partial charge in [-0.2, -0.15) is 13.2 Å². The Morgan fingerprint density at radius 2 is 1.71 bits per heavy atom. The minimum Gasteiger partial charge on any atom is -0.492 e. The summed E-state index contributed by atoms with van der Waals surface area (Å²) in [6.45, 7) is 4.13. The third-order valence-electron chi connectivity index (χ3n) is 5.63. The number of fused-ring (bicyclic) bond motifs is 1. The van der Waals surface area contributed by atoms with Crippen molar-refractivity contribution in [3.8, 4) is 5.75 Å². The number of ketones is 1. The van der Waals surface area contributed by atoms with Gasteiger partial charge in [-0.15, -0.1) is 0 Å². The van der Waals surface area contributed by atoms with Gasteiger partial charge in [-0.1, -0.05) is 24.3 Å². The van der Waals surface area contributed by atoms with E-state index < -0.39 is 29.2 Å². The standard InChI is InChI=1S/C25H22F4N2O4/c26-21-7-5-16(15-20(21)25(27,28)29)30-24(33)23(32)19-6-8-22(18-4-2-1-3-17(18)19)35-14-11-31-9-12-34-13-10-31/h1-8,15H,9-14H2,(H,30,33). The molecule has 4 rings (SSSR count). The van der Waals surface area contributed by atoms with Crippen LogP contribution >= 0.6 is 0 Å². The minimum absolute atomic E-state index is 0.0665. The van der Waals surface area contributed by atoms with Gasteiger partial charge in [-0.05, 0) is 35.7 Å². The number of benzene rings is 3. The van der Waals surface area contributed by atoms with Crippen molar-refractivity contribution in [3.05, 3.63) is 71.5 Å². The number of alkyl halides is 3. The fourth-order valence-electron chi connectivity index (χ4n) is 3.84. The van der Waals surface area contributed by atoms with Crippen molar-refractivity contribution in [2.45, 2.75) is 6.18 Å². The molecular weight excluding hydrogens is 468 g/mol. The molecule has 1 amide bonds. The summed E-state index contributed by atoms with van der Waals surface area (Å²) in [5.74, 6) is -3.02. The molecule has 0 bridgehead atoms. The maximum absolute atomic E-state index is 13.5. The van der Waals surface area contributed by atoms with Crippen LogP contribution < -0.4 is 10.1 Å². The van der Waals surface area contributed by atoms with Crippen molar-refractivity contribution in [1.82, 2.24) is 4.90 Å². The van der Waals surface area contributed by atoms with E-state index in [1.165, 1.54) is 6.07 Å². The lowest BCUT2D eigenvalue weighted by Crippen LogP contribution is -2.38. The summed E-state index contributed by atoms with van der Waals surface area (Å²) in [5.41, 5.74) is -1.81. The molecule has 1 aliphatic rings. The lowest BCUT2D eigenvalue weighted by Gasteiger charge is -2.26. The van der Waals surface area contributed by atoms with Crippen molar-refractivity contribution >= 4 is 28.2 Å². The van der Waals surface area contributed by atoms with Crippen molar-refractivity contribution in [3.63, 3.8) is 0 Å². The van der Waals surface area contributed by atoms with Crippen LogP contribution in [-0.2, 0) is 15.7 Å². The normalized spacial score (nSPS) is 14.6. The number of carbonyl (C=O) groups is 2. The number of hydrogen-bond acceptors (Lipinski definition) is 5. The van der Waals surface area contributed by atoms with Crippen LogP contribution in [0.2, 0.25) is 0 Å². The van der Waals surface area contributed by atoms with Crippen LogP contribution in [0, 0.1) is 5.82 Å². The van der Waals surface area contributed by atoms with Gasteiger partial charge in [0.1, 0.15) is 18.2 Å². The summed E-state index contributed by atoms with van der Waals surface area (Å²) in [4.78, 5) is 27.6. The molecular formula is C25H22F4N2O4. The highest BCUT2D eigenvalue weighted by Gasteiger charge is 2.34. The van der Waals surface area contributed by atoms with E-state index in [0.717, 1.165) is 19.2 Å². The van der Waals surface area contributed by atoms with Gasteiger partial charge in [0.25, 0.3) is 11.7 Å². The van der Waals surface area contributed by atoms with Gasteiger partial charge in [0.2, 0.25) is 0 Å². The van der Waals surface area contributed by atoms with E-state index in [1.54, 1.807) is 30.3 Å². The third kappa shape index (κ3) is 5.77. The minimum atomic E-state index is -4.94. The molecule has 0 aliphatic carbocycles. The first kappa shape index (κ1) is 24.6. The van der Waals surface area contributed by atoms with E-state index in [4.69, 9.17) is 9.47 Å². The molecule has 10 heteroatoms. The lowest BCUT2D eigenvalue weighted by molar-refractivity contribution is -0.140. The lowest BCUT2D eigenvalue weighted by atomic mass is 10.00. The Balaban J connectivity index is 1.51. The molecule has 0 unspecified atom stereocenters. The van der Waals surface area contributed by atoms with E-state index >= 15 is 0 Å². The van der Waals surface area contributed by atoms with Gasteiger partial charge in [0, 0.05) is 36.3 Å². The molecule has 6 nitrogen and oxygen atoms in total. The fourth-order valence-corrected chi connectivity index (χ4v) is 3.84. The molecule has 1 heterocycles. The SMILES string of the molecule is O=C(Nc1ccc(F)c(C(F)(F)F)c1)C(=O)c1ccc(OCCN2CCOCC2)c2ccccc12. The highest BCUT2D eigenvalue weighted by Crippen LogP contribution is 2.33. The van der Waals surface area contributed by atoms with Crippen molar-refractivity contribution < 1.29 is 36.6 Å². The van der Waals surface area contributed by atoms with Crippen LogP contribution in [-0.4, -0.2) is 56.0 Å². The Kier molecular flexibility index (Phi) is 7.32. The summed E-state index contributed by atoms with van der Waals surface area (Å²) in [7, 11) is 0. The van der Waals surface area contributed by atoms with Crippen molar-refractivity contribution in [2.75, 3.05) is 44.8 Å². The number of carbonyl (C=O) groups excluding carboxylic acids is 2. The van der Waals surface area contributed by atoms with Gasteiger partial charge in [0.05, 0.1) is 18.8 Å². The van der Waals surface area contributed by atoms with E-state index in [-0.39, 0.29) is 11.3 Å². The predicted molar refractivity (Wildman–Crippen MR) is 121 cm³/mol. The molecule has 3 aromatic carbocycles. The molecule has 35 heavy (non-hydrogen) atoms. The van der Waals surface area contributed by atoms with Gasteiger partial charge in [0.15, 0.2) is 0 Å². The first-order chi connectivity index (χ1) is 16.7. The molecule has 1 fully saturated rings. The van der Waals surface area contributed by atoms with Crippen molar-refractivity contribution in [1.29, 1.82) is 0 Å². The highest BCUT2D eigenvalue weighted by atomic mass is 19.4. The van der Waals surface area contributed by atoms with Crippen LogP contribution in [0.4, 0.5) is 23.2 Å². The number of halogens is 4. The molecule has 0 aromatic heterocycles. The molecule has 0 spiro atoms. The number of ether oxygens (including phenoxy) is 2. The Hall–Kier alpha value is -3.50. The van der Waals surface area contributed by atoms with Crippen LogP contribution in [0.15, 0.2) is 54.6 Å². The summed E-state index contributed by atoms with van der Waals surface area (Å²) >= 11 is 0. The zero-order valence-corrected chi connectivity index (χ0v) is 18.5. The molecule has 0 saturated carbocycles. The van der Waals surface area contributed by atoms with Crippen LogP contribution in [0.1, 0.15) is 15.9 Å². The first-order valence-corrected chi connectivity index (χ1v) is 10.9. The smallest absolute Gasteiger partial charge is 0.419 e. The van der Waals surface area contributed by atoms with E-state index in [9.17, 15) is 27.2 Å². The maximum Gasteiger partial charge on any atom is 0.419 e. The average Bonchev–Trinajstić information content (AvgIpc) is 2.85. The van der Waals surface area contributed by atoms with E-state index in [0.29, 0.717) is 55.0 Å². The number of Topliss-reactive ketones (excluding diaryl/α,β-unsaturated/α-hetero) is 1. The zero-order chi connectivity index (χ0) is 25.0. The molecule has 0 radical (unpaired) electrons. The summed E-state index contributed by atoms with van der Waals surface area (Å²) in [6.07, 6.45) is -4.94. The number of amides is 1. The summed E-state index contributed by atoms with van der Waals surface area (Å²) in [5, 5.41) is 3.21. The Morgan fingerprint density at radius 1 is 1.00 bits per heavy atom. The van der Waals surface area contributed by atoms with E-state index in [1.807, 2.05) is 0 Å². The topological polar surface area (TPSA) is 67.9 Å². The van der Waals surface area contributed by atoms with Gasteiger partial charge < -0.3 is 14.8 Å². The average molecular weight is 490 g/mol. The Bertz CT molecular complexity index is 1240. The predicted octanol–water partition coefficient (Wildman–Crippen LogP) is 4.53. The number of hydrogen-bond donors (Lipinski definition) is 1. The summed E-state index contributed by atoms with van der Waals surface area (Å²) in [6, 6.07) is 11.9. The second-order valence-corrected chi connectivity index (χ2v) is 7.93. The van der Waals surface area contributed by atoms with Crippen LogP contribution in [0.25, 0.3) is 10.8 Å². The third-order valence-corrected chi connectivity index (χ3v) is 5.63. The number of morpholine rings is 1. The molecule has 1 N–H and O–H groups in total. The van der Waals surface area contributed by atoms with Gasteiger partial charge >= 0.3 is 6.18 Å². The maximum atomic E-state index is 13.5. The highest BCUT2D eigenvalue weighted by molar-refractivity contribution is 6.48. The van der Waals surface area contributed by atoms with Gasteiger partial charge in [-0.3, -0.25) is 14.5 Å². The fraction of sp³-hybridized carbons (Fsp3) is 0.280. The first-order valence-electron chi connectivity index (χ1n) is 10.9. The molecule has 3 aromatic rings. The Labute approximate surface area is 198 Å². The number of nitrogens with zero attached hydrogens (tertiary/aromatic N) is 1. The largest absolute Gasteiger partial charge is 0.492 e. The molecule has 184 valence electrons. The molecule has 1 saturated heterocycles. The number of rotatable bonds is 7. The summed E-state index contributed by atoms with van der Waals surface area (Å²) < 4.78 is 63.6. The monoisotopic (exact) mass is 490 g/mol. The molecule has 0 atom stereocenters. The zero-order valence-electron chi connectivity index (χ0n) is 18.5.